The monoisotopic (exact) mass is 296 g/mol. The van der Waals surface area contributed by atoms with E-state index in [0.717, 1.165) is 6.07 Å². The molecule has 1 aliphatic rings. The van der Waals surface area contributed by atoms with Gasteiger partial charge in [-0.15, -0.1) is 0 Å². The fourth-order valence-corrected chi connectivity index (χ4v) is 2.01. The van der Waals surface area contributed by atoms with Crippen LogP contribution in [0.5, 0.6) is 0 Å². The zero-order chi connectivity index (χ0) is 15.4. The number of hydrogen-bond acceptors (Lipinski definition) is 5. The minimum atomic E-state index is -0.979. The van der Waals surface area contributed by atoms with Gasteiger partial charge in [0.25, 0.3) is 5.91 Å². The highest BCUT2D eigenvalue weighted by Crippen LogP contribution is 2.14. The number of hydrogen-bond donors (Lipinski definition) is 1. The first-order valence-electron chi connectivity index (χ1n) is 6.61. The lowest BCUT2D eigenvalue weighted by Gasteiger charge is -2.28. The number of benzene rings is 1. The third-order valence-electron chi connectivity index (χ3n) is 3.17. The van der Waals surface area contributed by atoms with Crippen molar-refractivity contribution in [3.05, 3.63) is 29.6 Å². The lowest BCUT2D eigenvalue weighted by molar-refractivity contribution is -0.143. The number of esters is 1. The number of nitrogens with two attached hydrogens (primary N) is 1. The second-order valence-electron chi connectivity index (χ2n) is 4.72. The van der Waals surface area contributed by atoms with Crippen LogP contribution in [-0.4, -0.2) is 49.2 Å². The Balaban J connectivity index is 1.99. The summed E-state index contributed by atoms with van der Waals surface area (Å²) in [5.74, 6) is -1.98. The smallest absolute Gasteiger partial charge is 0.341 e. The van der Waals surface area contributed by atoms with Gasteiger partial charge in [-0.3, -0.25) is 4.79 Å². The van der Waals surface area contributed by atoms with Crippen LogP contribution in [0.25, 0.3) is 0 Å². The van der Waals surface area contributed by atoms with Gasteiger partial charge >= 0.3 is 5.97 Å². The van der Waals surface area contributed by atoms with Crippen molar-refractivity contribution in [3.8, 4) is 0 Å². The van der Waals surface area contributed by atoms with E-state index in [1.165, 1.54) is 19.1 Å². The number of nitrogen functional groups attached to an aromatic ring is 1. The normalized spacial score (nSPS) is 16.4. The Morgan fingerprint density at radius 3 is 2.67 bits per heavy atom. The summed E-state index contributed by atoms with van der Waals surface area (Å²) < 4.78 is 23.8. The van der Waals surface area contributed by atoms with Crippen LogP contribution in [0.4, 0.5) is 10.1 Å². The summed E-state index contributed by atoms with van der Waals surface area (Å²) in [5.41, 5.74) is 5.38. The molecule has 21 heavy (non-hydrogen) atoms. The summed E-state index contributed by atoms with van der Waals surface area (Å²) in [5, 5.41) is 0. The molecule has 114 valence electrons. The second-order valence-corrected chi connectivity index (χ2v) is 4.72. The first kappa shape index (κ1) is 15.2. The quantitative estimate of drug-likeness (QED) is 0.659. The predicted octanol–water partition coefficient (Wildman–Crippen LogP) is 0.812. The van der Waals surface area contributed by atoms with E-state index in [1.807, 2.05) is 0 Å². The molecule has 0 radical (unpaired) electrons. The van der Waals surface area contributed by atoms with Gasteiger partial charge in [0.15, 0.2) is 6.10 Å². The molecule has 1 fully saturated rings. The van der Waals surface area contributed by atoms with Gasteiger partial charge in [0.05, 0.1) is 18.8 Å². The highest BCUT2D eigenvalue weighted by Gasteiger charge is 2.26. The number of carbonyl (C=O) groups excluding carboxylic acids is 2. The SMILES string of the molecule is CC(OC(=O)c1ccc(N)cc1F)C(=O)N1CCOCC1. The number of rotatable bonds is 3. The van der Waals surface area contributed by atoms with Gasteiger partial charge in [-0.25, -0.2) is 9.18 Å². The summed E-state index contributed by atoms with van der Waals surface area (Å²) in [6.45, 7) is 3.29. The summed E-state index contributed by atoms with van der Waals surface area (Å²) in [6, 6.07) is 3.66. The molecule has 1 aliphatic heterocycles. The van der Waals surface area contributed by atoms with Crippen molar-refractivity contribution < 1.29 is 23.5 Å². The number of anilines is 1. The van der Waals surface area contributed by atoms with Crippen molar-refractivity contribution >= 4 is 17.6 Å². The standard InChI is InChI=1S/C14H17FN2O4/c1-9(13(18)17-4-6-20-7-5-17)21-14(19)11-3-2-10(16)8-12(11)15/h2-3,8-9H,4-7,16H2,1H3. The van der Waals surface area contributed by atoms with Crippen molar-refractivity contribution in [1.29, 1.82) is 0 Å². The molecule has 1 heterocycles. The lowest BCUT2D eigenvalue weighted by atomic mass is 10.2. The zero-order valence-corrected chi connectivity index (χ0v) is 11.7. The molecule has 1 atom stereocenters. The number of amides is 1. The molecule has 0 spiro atoms. The fraction of sp³-hybridized carbons (Fsp3) is 0.429. The van der Waals surface area contributed by atoms with Gasteiger partial charge in [0.2, 0.25) is 0 Å². The maximum atomic E-state index is 13.6. The van der Waals surface area contributed by atoms with E-state index < -0.39 is 17.9 Å². The van der Waals surface area contributed by atoms with Gasteiger partial charge in [-0.1, -0.05) is 0 Å². The molecule has 1 unspecified atom stereocenters. The molecule has 0 aliphatic carbocycles. The number of nitrogens with zero attached hydrogens (tertiary/aromatic N) is 1. The predicted molar refractivity (Wildman–Crippen MR) is 73.1 cm³/mol. The van der Waals surface area contributed by atoms with Gasteiger partial charge in [0, 0.05) is 18.8 Å². The highest BCUT2D eigenvalue weighted by molar-refractivity contribution is 5.92. The Hall–Kier alpha value is -2.15. The first-order valence-corrected chi connectivity index (χ1v) is 6.61. The summed E-state index contributed by atoms with van der Waals surface area (Å²) >= 11 is 0. The topological polar surface area (TPSA) is 81.9 Å². The minimum Gasteiger partial charge on any atom is -0.449 e. The van der Waals surface area contributed by atoms with Crippen LogP contribution in [0.3, 0.4) is 0 Å². The van der Waals surface area contributed by atoms with Gasteiger partial charge in [-0.05, 0) is 25.1 Å². The molecular weight excluding hydrogens is 279 g/mol. The van der Waals surface area contributed by atoms with E-state index in [0.29, 0.717) is 26.3 Å². The van der Waals surface area contributed by atoms with Crippen LogP contribution >= 0.6 is 0 Å². The molecule has 1 amide bonds. The van der Waals surface area contributed by atoms with Gasteiger partial charge in [0.1, 0.15) is 5.82 Å². The van der Waals surface area contributed by atoms with Crippen molar-refractivity contribution in [3.63, 3.8) is 0 Å². The van der Waals surface area contributed by atoms with Crippen molar-refractivity contribution in [2.75, 3.05) is 32.0 Å². The maximum Gasteiger partial charge on any atom is 0.341 e. The lowest BCUT2D eigenvalue weighted by Crippen LogP contribution is -2.46. The molecule has 2 rings (SSSR count). The molecule has 1 aromatic rings. The van der Waals surface area contributed by atoms with Crippen molar-refractivity contribution in [2.24, 2.45) is 0 Å². The van der Waals surface area contributed by atoms with E-state index in [9.17, 15) is 14.0 Å². The molecule has 1 saturated heterocycles. The van der Waals surface area contributed by atoms with Crippen LogP contribution in [0, 0.1) is 5.82 Å². The Kier molecular flexibility index (Phi) is 4.74. The Morgan fingerprint density at radius 2 is 2.05 bits per heavy atom. The van der Waals surface area contributed by atoms with E-state index in [1.54, 1.807) is 4.90 Å². The van der Waals surface area contributed by atoms with Crippen LogP contribution in [-0.2, 0) is 14.3 Å². The van der Waals surface area contributed by atoms with Crippen molar-refractivity contribution in [2.45, 2.75) is 13.0 Å². The average molecular weight is 296 g/mol. The molecule has 0 aromatic heterocycles. The van der Waals surface area contributed by atoms with E-state index in [4.69, 9.17) is 15.2 Å². The first-order chi connectivity index (χ1) is 9.99. The Bertz CT molecular complexity index is 544. The highest BCUT2D eigenvalue weighted by atomic mass is 19.1. The summed E-state index contributed by atoms with van der Waals surface area (Å²) in [6.07, 6.45) is -0.979. The van der Waals surface area contributed by atoms with E-state index >= 15 is 0 Å². The average Bonchev–Trinajstić information content (AvgIpc) is 2.47. The Labute approximate surface area is 121 Å². The number of halogens is 1. The largest absolute Gasteiger partial charge is 0.449 e. The molecule has 2 N–H and O–H groups in total. The number of carbonyl (C=O) groups is 2. The number of ether oxygens (including phenoxy) is 2. The van der Waals surface area contributed by atoms with Crippen LogP contribution < -0.4 is 5.73 Å². The fourth-order valence-electron chi connectivity index (χ4n) is 2.01. The summed E-state index contributed by atoms with van der Waals surface area (Å²) in [4.78, 5) is 25.5. The van der Waals surface area contributed by atoms with Crippen LogP contribution in [0.15, 0.2) is 18.2 Å². The molecule has 0 bridgehead atoms. The molecule has 7 heteroatoms. The Morgan fingerprint density at radius 1 is 1.38 bits per heavy atom. The van der Waals surface area contributed by atoms with Crippen molar-refractivity contribution in [1.82, 2.24) is 4.90 Å². The van der Waals surface area contributed by atoms with Gasteiger partial charge < -0.3 is 20.1 Å². The molecule has 6 nitrogen and oxygen atoms in total. The molecule has 0 saturated carbocycles. The third-order valence-corrected chi connectivity index (χ3v) is 3.17. The summed E-state index contributed by atoms with van der Waals surface area (Å²) in [7, 11) is 0. The number of morpholine rings is 1. The third kappa shape index (κ3) is 3.69. The molecule has 1 aromatic carbocycles. The van der Waals surface area contributed by atoms with Crippen LogP contribution in [0.1, 0.15) is 17.3 Å². The zero-order valence-electron chi connectivity index (χ0n) is 11.7. The minimum absolute atomic E-state index is 0.210. The van der Waals surface area contributed by atoms with Crippen LogP contribution in [0.2, 0.25) is 0 Å². The van der Waals surface area contributed by atoms with Gasteiger partial charge in [-0.2, -0.15) is 0 Å². The van der Waals surface area contributed by atoms with E-state index in [2.05, 4.69) is 0 Å². The maximum absolute atomic E-state index is 13.6. The molecular formula is C14H17FN2O4. The second kappa shape index (κ2) is 6.53. The van der Waals surface area contributed by atoms with E-state index in [-0.39, 0.29) is 17.2 Å².